The molecule has 3 nitrogen and oxygen atoms in total. The van der Waals surface area contributed by atoms with Gasteiger partial charge in [-0.25, -0.2) is 0 Å². The van der Waals surface area contributed by atoms with Gasteiger partial charge in [0, 0.05) is 13.0 Å². The monoisotopic (exact) mass is 158 g/mol. The Labute approximate surface area is 64.0 Å². The van der Waals surface area contributed by atoms with Gasteiger partial charge in [-0.15, -0.1) is 11.6 Å². The van der Waals surface area contributed by atoms with Crippen molar-refractivity contribution in [2.24, 2.45) is 5.92 Å². The van der Waals surface area contributed by atoms with Crippen LogP contribution in [0, 0.1) is 17.2 Å². The highest BCUT2D eigenvalue weighted by molar-refractivity contribution is 6.22. The first kappa shape index (κ1) is 7.52. The van der Waals surface area contributed by atoms with Gasteiger partial charge in [-0.3, -0.25) is 10.1 Å². The summed E-state index contributed by atoms with van der Waals surface area (Å²) in [5.74, 6) is -0.711. The van der Waals surface area contributed by atoms with Crippen molar-refractivity contribution in [2.45, 2.75) is 11.9 Å². The van der Waals surface area contributed by atoms with Crippen molar-refractivity contribution in [1.82, 2.24) is 5.32 Å². The molecule has 1 fully saturated rings. The molecular formula is C6H7ClN2O. The lowest BCUT2D eigenvalue weighted by Crippen LogP contribution is -2.42. The van der Waals surface area contributed by atoms with Crippen LogP contribution in [-0.4, -0.2) is 17.8 Å². The lowest BCUT2D eigenvalue weighted by atomic mass is 10.00. The molecule has 0 radical (unpaired) electrons. The number of alkyl halides is 1. The van der Waals surface area contributed by atoms with Crippen LogP contribution in [0.3, 0.4) is 0 Å². The van der Waals surface area contributed by atoms with E-state index in [-0.39, 0.29) is 5.78 Å². The third-order valence-electron chi connectivity index (χ3n) is 1.49. The first-order valence-corrected chi connectivity index (χ1v) is 3.49. The Hall–Kier alpha value is -0.590. The average molecular weight is 159 g/mol. The number of nitrogens with zero attached hydrogens (tertiary/aromatic N) is 1. The predicted molar refractivity (Wildman–Crippen MR) is 36.4 cm³/mol. The molecule has 1 unspecified atom stereocenters. The number of rotatable bonds is 0. The third-order valence-corrected chi connectivity index (χ3v) is 1.90. The number of carbonyl (C=O) groups excluding carboxylic acids is 1. The molecule has 1 aliphatic heterocycles. The number of ketones is 1. The Morgan fingerprint density at radius 1 is 1.80 bits per heavy atom. The maximum atomic E-state index is 10.9. The topological polar surface area (TPSA) is 52.9 Å². The Kier molecular flexibility index (Phi) is 2.25. The maximum absolute atomic E-state index is 10.9. The minimum absolute atomic E-state index is 0.0544. The Morgan fingerprint density at radius 3 is 2.90 bits per heavy atom. The zero-order valence-corrected chi connectivity index (χ0v) is 6.06. The number of piperidine rings is 1. The van der Waals surface area contributed by atoms with Crippen LogP contribution in [0.5, 0.6) is 0 Å². The van der Waals surface area contributed by atoms with Crippen molar-refractivity contribution in [3.05, 3.63) is 0 Å². The molecule has 1 aliphatic rings. The standard InChI is InChI=1S/C6H7ClN2O/c7-6-4(3-8)5(10)1-2-9-6/h4,6,9H,1-2H2/t4?,6-/m1/s1. The summed E-state index contributed by atoms with van der Waals surface area (Å²) in [5.41, 5.74) is -0.494. The molecule has 1 heterocycles. The number of hydrogen-bond donors (Lipinski definition) is 1. The van der Waals surface area contributed by atoms with Gasteiger partial charge in [-0.2, -0.15) is 5.26 Å². The average Bonchev–Trinajstić information content (AvgIpc) is 1.88. The van der Waals surface area contributed by atoms with Gasteiger partial charge in [-0.1, -0.05) is 0 Å². The smallest absolute Gasteiger partial charge is 0.154 e. The van der Waals surface area contributed by atoms with Crippen molar-refractivity contribution in [2.75, 3.05) is 6.54 Å². The summed E-state index contributed by atoms with van der Waals surface area (Å²) < 4.78 is 0. The van der Waals surface area contributed by atoms with Crippen molar-refractivity contribution < 1.29 is 4.79 Å². The van der Waals surface area contributed by atoms with Gasteiger partial charge < -0.3 is 0 Å². The predicted octanol–water partition coefficient (Wildman–Crippen LogP) is 0.253. The van der Waals surface area contributed by atoms with Crippen LogP contribution in [0.2, 0.25) is 0 Å². The molecule has 0 aromatic rings. The number of halogens is 1. The van der Waals surface area contributed by atoms with E-state index < -0.39 is 11.4 Å². The molecule has 1 saturated heterocycles. The third kappa shape index (κ3) is 1.28. The highest BCUT2D eigenvalue weighted by Crippen LogP contribution is 2.14. The summed E-state index contributed by atoms with van der Waals surface area (Å²) in [6, 6.07) is 1.86. The van der Waals surface area contributed by atoms with Gasteiger partial charge in [0.05, 0.1) is 6.07 Å². The fourth-order valence-electron chi connectivity index (χ4n) is 0.907. The van der Waals surface area contributed by atoms with Crippen LogP contribution < -0.4 is 5.32 Å². The molecule has 1 rings (SSSR count). The summed E-state index contributed by atoms with van der Waals surface area (Å²) in [4.78, 5) is 10.9. The summed E-state index contributed by atoms with van der Waals surface area (Å²) in [7, 11) is 0. The molecule has 0 amide bonds. The van der Waals surface area contributed by atoms with Crippen LogP contribution in [-0.2, 0) is 4.79 Å². The number of nitriles is 1. The van der Waals surface area contributed by atoms with Gasteiger partial charge in [0.1, 0.15) is 11.4 Å². The molecule has 54 valence electrons. The van der Waals surface area contributed by atoms with E-state index in [4.69, 9.17) is 16.9 Å². The van der Waals surface area contributed by atoms with Crippen LogP contribution in [0.4, 0.5) is 0 Å². The van der Waals surface area contributed by atoms with E-state index in [1.54, 1.807) is 0 Å². The maximum Gasteiger partial charge on any atom is 0.154 e. The second kappa shape index (κ2) is 3.00. The molecule has 0 aliphatic carbocycles. The van der Waals surface area contributed by atoms with E-state index in [1.165, 1.54) is 0 Å². The molecule has 0 aromatic heterocycles. The lowest BCUT2D eigenvalue weighted by molar-refractivity contribution is -0.122. The molecule has 4 heteroatoms. The molecule has 0 bridgehead atoms. The van der Waals surface area contributed by atoms with Gasteiger partial charge in [0.2, 0.25) is 0 Å². The number of hydrogen-bond acceptors (Lipinski definition) is 3. The van der Waals surface area contributed by atoms with E-state index in [9.17, 15) is 4.79 Å². The Morgan fingerprint density at radius 2 is 2.50 bits per heavy atom. The zero-order chi connectivity index (χ0) is 7.56. The number of Topliss-reactive ketones (excluding diaryl/α,β-unsaturated/α-hetero) is 1. The van der Waals surface area contributed by atoms with Crippen molar-refractivity contribution >= 4 is 17.4 Å². The second-order valence-electron chi connectivity index (χ2n) is 2.18. The van der Waals surface area contributed by atoms with Gasteiger partial charge in [-0.05, 0) is 0 Å². The van der Waals surface area contributed by atoms with E-state index in [2.05, 4.69) is 5.32 Å². The van der Waals surface area contributed by atoms with Crippen molar-refractivity contribution in [3.63, 3.8) is 0 Å². The fraction of sp³-hybridized carbons (Fsp3) is 0.667. The number of nitrogens with one attached hydrogen (secondary N) is 1. The lowest BCUT2D eigenvalue weighted by Gasteiger charge is -2.21. The highest BCUT2D eigenvalue weighted by Gasteiger charge is 2.29. The molecule has 0 saturated carbocycles. The minimum atomic E-state index is -0.657. The first-order valence-electron chi connectivity index (χ1n) is 3.05. The van der Waals surface area contributed by atoms with Gasteiger partial charge >= 0.3 is 0 Å². The largest absolute Gasteiger partial charge is 0.299 e. The van der Waals surface area contributed by atoms with Crippen LogP contribution in [0.1, 0.15) is 6.42 Å². The van der Waals surface area contributed by atoms with Crippen LogP contribution in [0.15, 0.2) is 0 Å². The molecule has 1 N–H and O–H groups in total. The molecule has 10 heavy (non-hydrogen) atoms. The Balaban J connectivity index is 2.65. The SMILES string of the molecule is N#CC1C(=O)CCN[C@H]1Cl. The molecule has 0 spiro atoms. The number of carbonyl (C=O) groups is 1. The van der Waals surface area contributed by atoms with E-state index in [0.29, 0.717) is 13.0 Å². The van der Waals surface area contributed by atoms with Crippen molar-refractivity contribution in [1.29, 1.82) is 5.26 Å². The summed E-state index contributed by atoms with van der Waals surface area (Å²) >= 11 is 5.62. The fourth-order valence-corrected chi connectivity index (χ4v) is 1.21. The summed E-state index contributed by atoms with van der Waals surface area (Å²) in [6.07, 6.45) is 0.418. The van der Waals surface area contributed by atoms with Gasteiger partial charge in [0.25, 0.3) is 0 Å². The molecular weight excluding hydrogens is 152 g/mol. The van der Waals surface area contributed by atoms with Crippen LogP contribution >= 0.6 is 11.6 Å². The minimum Gasteiger partial charge on any atom is -0.299 e. The summed E-state index contributed by atoms with van der Waals surface area (Å²) in [5, 5.41) is 11.3. The quantitative estimate of drug-likeness (QED) is 0.406. The Bertz CT molecular complexity index is 187. The highest BCUT2D eigenvalue weighted by atomic mass is 35.5. The van der Waals surface area contributed by atoms with Gasteiger partial charge in [0.15, 0.2) is 5.78 Å². The first-order chi connectivity index (χ1) is 4.75. The van der Waals surface area contributed by atoms with E-state index >= 15 is 0 Å². The van der Waals surface area contributed by atoms with E-state index in [0.717, 1.165) is 0 Å². The summed E-state index contributed by atoms with van der Waals surface area (Å²) in [6.45, 7) is 0.588. The molecule has 2 atom stereocenters. The molecule has 0 aromatic carbocycles. The zero-order valence-electron chi connectivity index (χ0n) is 5.30. The second-order valence-corrected chi connectivity index (χ2v) is 2.65. The van der Waals surface area contributed by atoms with Crippen LogP contribution in [0.25, 0.3) is 0 Å². The van der Waals surface area contributed by atoms with Crippen molar-refractivity contribution in [3.8, 4) is 6.07 Å². The van der Waals surface area contributed by atoms with E-state index in [1.807, 2.05) is 6.07 Å². The normalized spacial score (nSPS) is 33.4.